The van der Waals surface area contributed by atoms with E-state index in [1.807, 2.05) is 0 Å². The van der Waals surface area contributed by atoms with Crippen molar-refractivity contribution in [3.8, 4) is 28.4 Å². The highest BCUT2D eigenvalue weighted by molar-refractivity contribution is 5.92. The maximum absolute atomic E-state index is 13.7. The lowest BCUT2D eigenvalue weighted by molar-refractivity contribution is -0.274. The van der Waals surface area contributed by atoms with Crippen molar-refractivity contribution in [3.63, 3.8) is 0 Å². The summed E-state index contributed by atoms with van der Waals surface area (Å²) < 4.78 is 64.6. The Morgan fingerprint density at radius 2 is 1.73 bits per heavy atom. The largest absolute Gasteiger partial charge is 0.573 e. The number of aromatic nitrogens is 4. The third-order valence-corrected chi connectivity index (χ3v) is 5.78. The van der Waals surface area contributed by atoms with Gasteiger partial charge in [0.05, 0.1) is 11.0 Å². The Bertz CT molecular complexity index is 1720. The molecule has 40 heavy (non-hydrogen) atoms. The number of amides is 1. The molecule has 204 valence electrons. The Morgan fingerprint density at radius 1 is 0.950 bits per heavy atom. The fourth-order valence-corrected chi connectivity index (χ4v) is 3.96. The van der Waals surface area contributed by atoms with E-state index in [9.17, 15) is 22.4 Å². The molecular formula is C27H20F4N6O3. The van der Waals surface area contributed by atoms with Gasteiger partial charge in [-0.1, -0.05) is 0 Å². The number of carbonyl (C=O) groups is 1. The fourth-order valence-electron chi connectivity index (χ4n) is 3.96. The van der Waals surface area contributed by atoms with Crippen LogP contribution in [-0.2, 0) is 7.05 Å². The molecular weight excluding hydrogens is 532 g/mol. The van der Waals surface area contributed by atoms with Crippen molar-refractivity contribution in [3.05, 3.63) is 84.7 Å². The number of halogens is 4. The fraction of sp³-hybridized carbons (Fsp3) is 0.111. The molecule has 0 fully saturated rings. The highest BCUT2D eigenvalue weighted by atomic mass is 19.4. The standard InChI is InChI=1S/C27H20F4N6O3/c1-32-25(38)21-14-18(8-10-33-21)39-17-4-5-22-20(13-17)36-26(37(22)2)35-16-3-6-23(40-27(29,30)31)19(12-16)15-7-9-34-24(28)11-15/h3-14H,1-2H3,(H,32,38)(H,35,36). The molecule has 0 bridgehead atoms. The van der Waals surface area contributed by atoms with Gasteiger partial charge in [0.15, 0.2) is 0 Å². The van der Waals surface area contributed by atoms with E-state index in [-0.39, 0.29) is 22.7 Å². The molecule has 5 rings (SSSR count). The Hall–Kier alpha value is -5.20. The number of anilines is 2. The summed E-state index contributed by atoms with van der Waals surface area (Å²) in [4.78, 5) is 23.9. The number of hydrogen-bond donors (Lipinski definition) is 2. The highest BCUT2D eigenvalue weighted by Crippen LogP contribution is 2.37. The number of pyridine rings is 2. The number of nitrogens with zero attached hydrogens (tertiary/aromatic N) is 4. The van der Waals surface area contributed by atoms with Crippen molar-refractivity contribution in [2.45, 2.75) is 6.36 Å². The van der Waals surface area contributed by atoms with Gasteiger partial charge >= 0.3 is 6.36 Å². The van der Waals surface area contributed by atoms with Crippen molar-refractivity contribution in [1.29, 1.82) is 0 Å². The normalized spacial score (nSPS) is 11.3. The van der Waals surface area contributed by atoms with Gasteiger partial charge in [0, 0.05) is 55.9 Å². The minimum atomic E-state index is -4.94. The lowest BCUT2D eigenvalue weighted by Gasteiger charge is -2.15. The van der Waals surface area contributed by atoms with E-state index >= 15 is 0 Å². The van der Waals surface area contributed by atoms with Crippen molar-refractivity contribution < 1.29 is 31.8 Å². The van der Waals surface area contributed by atoms with Crippen LogP contribution in [0.2, 0.25) is 0 Å². The van der Waals surface area contributed by atoms with E-state index in [2.05, 4.69) is 30.3 Å². The number of ether oxygens (including phenoxy) is 2. The number of carbonyl (C=O) groups excluding carboxylic acids is 1. The topological polar surface area (TPSA) is 103 Å². The quantitative estimate of drug-likeness (QED) is 0.190. The highest BCUT2D eigenvalue weighted by Gasteiger charge is 2.32. The Kier molecular flexibility index (Phi) is 6.94. The van der Waals surface area contributed by atoms with E-state index in [1.54, 1.807) is 35.9 Å². The smallest absolute Gasteiger partial charge is 0.457 e. The van der Waals surface area contributed by atoms with Gasteiger partial charge in [-0.05, 0) is 48.0 Å². The summed E-state index contributed by atoms with van der Waals surface area (Å²) in [5.41, 5.74) is 2.05. The maximum Gasteiger partial charge on any atom is 0.573 e. The second kappa shape index (κ2) is 10.5. The second-order valence-electron chi connectivity index (χ2n) is 8.45. The van der Waals surface area contributed by atoms with E-state index in [1.165, 1.54) is 37.5 Å². The van der Waals surface area contributed by atoms with Crippen LogP contribution >= 0.6 is 0 Å². The van der Waals surface area contributed by atoms with E-state index < -0.39 is 18.1 Å². The number of alkyl halides is 3. The van der Waals surface area contributed by atoms with E-state index in [0.29, 0.717) is 28.7 Å². The molecule has 3 heterocycles. The van der Waals surface area contributed by atoms with Crippen molar-refractivity contribution >= 4 is 28.6 Å². The van der Waals surface area contributed by atoms with Crippen LogP contribution in [0.4, 0.5) is 29.2 Å². The average molecular weight is 552 g/mol. The predicted octanol–water partition coefficient (Wildman–Crippen LogP) is 5.96. The predicted molar refractivity (Wildman–Crippen MR) is 138 cm³/mol. The zero-order chi connectivity index (χ0) is 28.4. The first-order valence-electron chi connectivity index (χ1n) is 11.7. The monoisotopic (exact) mass is 552 g/mol. The van der Waals surface area contributed by atoms with Gasteiger partial charge < -0.3 is 24.7 Å². The van der Waals surface area contributed by atoms with Gasteiger partial charge in [-0.15, -0.1) is 13.2 Å². The molecule has 2 N–H and O–H groups in total. The van der Waals surface area contributed by atoms with Crippen LogP contribution in [-0.4, -0.2) is 38.8 Å². The first kappa shape index (κ1) is 26.4. The van der Waals surface area contributed by atoms with Crippen LogP contribution in [0.3, 0.4) is 0 Å². The molecule has 2 aromatic carbocycles. The molecule has 9 nitrogen and oxygen atoms in total. The molecule has 0 spiro atoms. The minimum absolute atomic E-state index is 0.00607. The van der Waals surface area contributed by atoms with Crippen LogP contribution in [0.5, 0.6) is 17.2 Å². The minimum Gasteiger partial charge on any atom is -0.457 e. The molecule has 3 aromatic heterocycles. The third-order valence-electron chi connectivity index (χ3n) is 5.78. The van der Waals surface area contributed by atoms with Crippen molar-refractivity contribution in [2.75, 3.05) is 12.4 Å². The van der Waals surface area contributed by atoms with Crippen LogP contribution < -0.4 is 20.1 Å². The van der Waals surface area contributed by atoms with E-state index in [4.69, 9.17) is 4.74 Å². The first-order chi connectivity index (χ1) is 19.1. The molecule has 1 amide bonds. The average Bonchev–Trinajstić information content (AvgIpc) is 3.22. The summed E-state index contributed by atoms with van der Waals surface area (Å²) in [6.45, 7) is 0. The maximum atomic E-state index is 13.7. The Balaban J connectivity index is 1.44. The second-order valence-corrected chi connectivity index (χ2v) is 8.45. The van der Waals surface area contributed by atoms with Crippen LogP contribution in [0.1, 0.15) is 10.5 Å². The molecule has 0 aliphatic carbocycles. The summed E-state index contributed by atoms with van der Waals surface area (Å²) in [7, 11) is 3.26. The molecule has 0 saturated carbocycles. The lowest BCUT2D eigenvalue weighted by atomic mass is 10.1. The molecule has 0 radical (unpaired) electrons. The van der Waals surface area contributed by atoms with Crippen LogP contribution in [0.25, 0.3) is 22.2 Å². The van der Waals surface area contributed by atoms with Gasteiger partial charge in [-0.2, -0.15) is 4.39 Å². The third kappa shape index (κ3) is 5.77. The number of hydrogen-bond acceptors (Lipinski definition) is 7. The molecule has 5 aromatic rings. The first-order valence-corrected chi connectivity index (χ1v) is 11.7. The Labute approximate surface area is 224 Å². The number of fused-ring (bicyclic) bond motifs is 1. The molecule has 0 saturated heterocycles. The van der Waals surface area contributed by atoms with Crippen molar-refractivity contribution in [1.82, 2.24) is 24.8 Å². The zero-order valence-corrected chi connectivity index (χ0v) is 21.0. The molecule has 0 unspecified atom stereocenters. The van der Waals surface area contributed by atoms with Crippen molar-refractivity contribution in [2.24, 2.45) is 7.05 Å². The zero-order valence-electron chi connectivity index (χ0n) is 21.0. The summed E-state index contributed by atoms with van der Waals surface area (Å²) >= 11 is 0. The summed E-state index contributed by atoms with van der Waals surface area (Å²) in [6, 6.07) is 14.7. The lowest BCUT2D eigenvalue weighted by Crippen LogP contribution is -2.18. The summed E-state index contributed by atoms with van der Waals surface area (Å²) in [5, 5.41) is 5.58. The van der Waals surface area contributed by atoms with E-state index in [0.717, 1.165) is 23.8 Å². The molecule has 13 heteroatoms. The van der Waals surface area contributed by atoms with Gasteiger partial charge in [0.2, 0.25) is 11.9 Å². The van der Waals surface area contributed by atoms with Gasteiger partial charge in [-0.25, -0.2) is 9.97 Å². The molecule has 0 atom stereocenters. The Morgan fingerprint density at radius 3 is 2.48 bits per heavy atom. The molecule has 0 aliphatic rings. The number of aryl methyl sites for hydroxylation is 1. The van der Waals surface area contributed by atoms with Gasteiger partial charge in [0.1, 0.15) is 22.9 Å². The van der Waals surface area contributed by atoms with Crippen LogP contribution in [0.15, 0.2) is 73.1 Å². The van der Waals surface area contributed by atoms with Gasteiger partial charge in [0.25, 0.3) is 5.91 Å². The SMILES string of the molecule is CNC(=O)c1cc(Oc2ccc3c(c2)nc(Nc2ccc(OC(F)(F)F)c(-c4ccnc(F)c4)c2)n3C)ccn1. The number of nitrogens with one attached hydrogen (secondary N) is 2. The summed E-state index contributed by atoms with van der Waals surface area (Å²) in [5.74, 6) is -0.443. The number of imidazole rings is 1. The number of rotatable bonds is 7. The summed E-state index contributed by atoms with van der Waals surface area (Å²) in [6.07, 6.45) is -2.33. The number of benzene rings is 2. The molecule has 0 aliphatic heterocycles. The van der Waals surface area contributed by atoms with Gasteiger partial charge in [-0.3, -0.25) is 9.78 Å². The van der Waals surface area contributed by atoms with Crippen LogP contribution in [0, 0.1) is 5.95 Å².